The van der Waals surface area contributed by atoms with Gasteiger partial charge in [-0.2, -0.15) is 0 Å². The van der Waals surface area contributed by atoms with Gasteiger partial charge in [-0.05, 0) is 30.9 Å². The summed E-state index contributed by atoms with van der Waals surface area (Å²) >= 11 is 1.51. The van der Waals surface area contributed by atoms with Crippen molar-refractivity contribution in [3.8, 4) is 10.4 Å². The third-order valence-electron chi connectivity index (χ3n) is 4.62. The highest BCUT2D eigenvalue weighted by atomic mass is 32.1. The second-order valence-corrected chi connectivity index (χ2v) is 7.36. The van der Waals surface area contributed by atoms with E-state index in [1.807, 2.05) is 51.1 Å². The fourth-order valence-corrected chi connectivity index (χ4v) is 4.20. The first kappa shape index (κ1) is 18.3. The number of carbonyl (C=O) groups excluding carboxylic acids is 1. The minimum absolute atomic E-state index is 0.00572. The van der Waals surface area contributed by atoms with Crippen LogP contribution in [0, 0.1) is 6.92 Å². The lowest BCUT2D eigenvalue weighted by Crippen LogP contribution is -2.38. The van der Waals surface area contributed by atoms with E-state index in [0.29, 0.717) is 10.2 Å². The highest BCUT2D eigenvalue weighted by Crippen LogP contribution is 2.35. The topological polar surface area (TPSA) is 64.0 Å². The number of nitrogens with one attached hydrogen (secondary N) is 1. The maximum Gasteiger partial charge on any atom is 0.262 e. The Hall–Kier alpha value is -2.47. The Morgan fingerprint density at radius 1 is 1.23 bits per heavy atom. The molecule has 26 heavy (non-hydrogen) atoms. The summed E-state index contributed by atoms with van der Waals surface area (Å²) in [6.45, 7) is 6.01. The van der Waals surface area contributed by atoms with Crippen LogP contribution in [0.3, 0.4) is 0 Å². The first-order chi connectivity index (χ1) is 12.5. The lowest BCUT2D eigenvalue weighted by molar-refractivity contribution is -0.122. The van der Waals surface area contributed by atoms with Crippen molar-refractivity contribution in [2.24, 2.45) is 0 Å². The zero-order chi connectivity index (χ0) is 18.7. The Labute approximate surface area is 156 Å². The Bertz CT molecular complexity index is 972. The molecule has 3 rings (SSSR count). The molecule has 0 aliphatic carbocycles. The molecule has 3 aromatic rings. The molecule has 0 bridgehead atoms. The highest BCUT2D eigenvalue weighted by Gasteiger charge is 2.17. The summed E-state index contributed by atoms with van der Waals surface area (Å²) in [5.74, 6) is -0.155. The van der Waals surface area contributed by atoms with Gasteiger partial charge in [-0.1, -0.05) is 44.2 Å². The number of carbonyl (C=O) groups is 1. The van der Waals surface area contributed by atoms with Crippen molar-refractivity contribution in [2.75, 3.05) is 0 Å². The van der Waals surface area contributed by atoms with Crippen molar-refractivity contribution in [2.45, 2.75) is 46.2 Å². The molecule has 0 fully saturated rings. The molecule has 0 saturated carbocycles. The van der Waals surface area contributed by atoms with Crippen LogP contribution in [0.5, 0.6) is 0 Å². The van der Waals surface area contributed by atoms with E-state index in [4.69, 9.17) is 0 Å². The predicted octanol–water partition coefficient (Wildman–Crippen LogP) is 3.74. The van der Waals surface area contributed by atoms with Gasteiger partial charge in [0.05, 0.1) is 11.7 Å². The van der Waals surface area contributed by atoms with Gasteiger partial charge in [0.25, 0.3) is 5.56 Å². The normalized spacial score (nSPS) is 11.2. The van der Waals surface area contributed by atoms with Gasteiger partial charge in [-0.25, -0.2) is 4.98 Å². The first-order valence-corrected chi connectivity index (χ1v) is 9.70. The summed E-state index contributed by atoms with van der Waals surface area (Å²) in [4.78, 5) is 31.3. The average molecular weight is 369 g/mol. The summed E-state index contributed by atoms with van der Waals surface area (Å²) in [5.41, 5.74) is 1.83. The smallest absolute Gasteiger partial charge is 0.262 e. The maximum atomic E-state index is 12.9. The van der Waals surface area contributed by atoms with Crippen LogP contribution in [0.1, 0.15) is 32.3 Å². The van der Waals surface area contributed by atoms with E-state index in [0.717, 1.165) is 28.8 Å². The van der Waals surface area contributed by atoms with Crippen LogP contribution >= 0.6 is 11.3 Å². The zero-order valence-corrected chi connectivity index (χ0v) is 16.1. The minimum Gasteiger partial charge on any atom is -0.352 e. The van der Waals surface area contributed by atoms with E-state index in [1.54, 1.807) is 0 Å². The largest absolute Gasteiger partial charge is 0.352 e. The van der Waals surface area contributed by atoms with Crippen molar-refractivity contribution in [3.63, 3.8) is 0 Å². The maximum absolute atomic E-state index is 12.9. The van der Waals surface area contributed by atoms with Crippen molar-refractivity contribution in [1.29, 1.82) is 0 Å². The monoisotopic (exact) mass is 369 g/mol. The Balaban J connectivity index is 1.95. The third-order valence-corrected chi connectivity index (χ3v) is 5.87. The van der Waals surface area contributed by atoms with Crippen molar-refractivity contribution < 1.29 is 4.79 Å². The lowest BCUT2D eigenvalue weighted by Gasteiger charge is -2.15. The van der Waals surface area contributed by atoms with Gasteiger partial charge in [0.1, 0.15) is 11.4 Å². The van der Waals surface area contributed by atoms with Gasteiger partial charge in [0.15, 0.2) is 0 Å². The molecule has 1 amide bonds. The third kappa shape index (κ3) is 3.55. The van der Waals surface area contributed by atoms with E-state index >= 15 is 0 Å². The van der Waals surface area contributed by atoms with Gasteiger partial charge in [-0.3, -0.25) is 14.2 Å². The number of benzene rings is 1. The molecular weight excluding hydrogens is 346 g/mol. The van der Waals surface area contributed by atoms with Gasteiger partial charge < -0.3 is 5.32 Å². The summed E-state index contributed by atoms with van der Waals surface area (Å²) < 4.78 is 1.40. The SMILES string of the molecule is CCC(CC)NC(=O)Cn1cnc2sc(-c3ccccc3)c(C)c2c1=O. The number of nitrogens with zero attached hydrogens (tertiary/aromatic N) is 2. The summed E-state index contributed by atoms with van der Waals surface area (Å²) in [6.07, 6.45) is 3.22. The standard InChI is InChI=1S/C20H23N3O2S/c1-4-15(5-2)22-16(24)11-23-12-21-19-17(20(23)25)13(3)18(26-19)14-9-7-6-8-10-14/h6-10,12,15H,4-5,11H2,1-3H3,(H,22,24). The van der Waals surface area contributed by atoms with Crippen molar-refractivity contribution in [3.05, 3.63) is 52.6 Å². The fourth-order valence-electron chi connectivity index (χ4n) is 3.06. The number of hydrogen-bond donors (Lipinski definition) is 1. The number of amides is 1. The summed E-state index contributed by atoms with van der Waals surface area (Å²) in [5, 5.41) is 3.57. The number of aryl methyl sites for hydroxylation is 1. The molecule has 6 heteroatoms. The second kappa shape index (κ2) is 7.83. The molecule has 0 unspecified atom stereocenters. The molecule has 5 nitrogen and oxygen atoms in total. The molecule has 1 N–H and O–H groups in total. The molecule has 0 saturated heterocycles. The Morgan fingerprint density at radius 2 is 1.92 bits per heavy atom. The molecule has 0 aliphatic heterocycles. The Kier molecular flexibility index (Phi) is 5.52. The van der Waals surface area contributed by atoms with E-state index in [9.17, 15) is 9.59 Å². The molecule has 136 valence electrons. The lowest BCUT2D eigenvalue weighted by atomic mass is 10.1. The number of thiophene rings is 1. The van der Waals surface area contributed by atoms with Gasteiger partial charge in [-0.15, -0.1) is 11.3 Å². The quantitative estimate of drug-likeness (QED) is 0.720. The highest BCUT2D eigenvalue weighted by molar-refractivity contribution is 7.22. The second-order valence-electron chi connectivity index (χ2n) is 6.36. The van der Waals surface area contributed by atoms with Crippen LogP contribution in [0.15, 0.2) is 41.5 Å². The van der Waals surface area contributed by atoms with E-state index in [-0.39, 0.29) is 24.1 Å². The van der Waals surface area contributed by atoms with Gasteiger partial charge in [0.2, 0.25) is 5.91 Å². The minimum atomic E-state index is -0.161. The molecule has 0 aliphatic rings. The average Bonchev–Trinajstić information content (AvgIpc) is 3.00. The molecule has 0 radical (unpaired) electrons. The van der Waals surface area contributed by atoms with E-state index in [1.165, 1.54) is 22.2 Å². The molecular formula is C20H23N3O2S. The van der Waals surface area contributed by atoms with Crippen LogP contribution in [-0.4, -0.2) is 21.5 Å². The molecule has 2 heterocycles. The molecule has 0 spiro atoms. The molecule has 2 aromatic heterocycles. The van der Waals surface area contributed by atoms with Crippen molar-refractivity contribution in [1.82, 2.24) is 14.9 Å². The van der Waals surface area contributed by atoms with Crippen LogP contribution in [0.2, 0.25) is 0 Å². The Morgan fingerprint density at radius 3 is 2.58 bits per heavy atom. The van der Waals surface area contributed by atoms with Crippen molar-refractivity contribution >= 4 is 27.5 Å². The van der Waals surface area contributed by atoms with Gasteiger partial charge >= 0.3 is 0 Å². The van der Waals surface area contributed by atoms with E-state index in [2.05, 4.69) is 10.3 Å². The van der Waals surface area contributed by atoms with E-state index < -0.39 is 0 Å². The molecule has 1 aromatic carbocycles. The predicted molar refractivity (Wildman–Crippen MR) is 107 cm³/mol. The van der Waals surface area contributed by atoms with Crippen LogP contribution in [-0.2, 0) is 11.3 Å². The number of fused-ring (bicyclic) bond motifs is 1. The summed E-state index contributed by atoms with van der Waals surface area (Å²) in [6, 6.07) is 10.1. The number of hydrogen-bond acceptors (Lipinski definition) is 4. The van der Waals surface area contributed by atoms with Crippen LogP contribution in [0.25, 0.3) is 20.7 Å². The summed E-state index contributed by atoms with van der Waals surface area (Å²) in [7, 11) is 0. The fraction of sp³-hybridized carbons (Fsp3) is 0.350. The van der Waals surface area contributed by atoms with Crippen LogP contribution < -0.4 is 10.9 Å². The molecule has 0 atom stereocenters. The first-order valence-electron chi connectivity index (χ1n) is 8.88. The zero-order valence-electron chi connectivity index (χ0n) is 15.3. The van der Waals surface area contributed by atoms with Crippen LogP contribution in [0.4, 0.5) is 0 Å². The van der Waals surface area contributed by atoms with Gasteiger partial charge in [0, 0.05) is 10.9 Å². The number of rotatable bonds is 6. The number of aromatic nitrogens is 2.